The SMILES string of the molecule is COc1cc(CNCc2cccs2)ccc1OCc1ccc(Cl)c(Cl)c1. The fraction of sp³-hybridized carbons (Fsp3) is 0.200. The number of hydrogen-bond acceptors (Lipinski definition) is 4. The molecule has 0 aliphatic carbocycles. The van der Waals surface area contributed by atoms with E-state index < -0.39 is 0 Å². The number of methoxy groups -OCH3 is 1. The van der Waals surface area contributed by atoms with E-state index in [9.17, 15) is 0 Å². The summed E-state index contributed by atoms with van der Waals surface area (Å²) in [4.78, 5) is 1.32. The van der Waals surface area contributed by atoms with Gasteiger partial charge in [-0.05, 0) is 46.8 Å². The highest BCUT2D eigenvalue weighted by Crippen LogP contribution is 2.30. The average molecular weight is 408 g/mol. The minimum Gasteiger partial charge on any atom is -0.493 e. The van der Waals surface area contributed by atoms with E-state index in [4.69, 9.17) is 32.7 Å². The van der Waals surface area contributed by atoms with Gasteiger partial charge < -0.3 is 14.8 Å². The van der Waals surface area contributed by atoms with Crippen molar-refractivity contribution in [1.29, 1.82) is 0 Å². The van der Waals surface area contributed by atoms with Crippen molar-refractivity contribution in [3.8, 4) is 11.5 Å². The molecule has 3 nitrogen and oxygen atoms in total. The summed E-state index contributed by atoms with van der Waals surface area (Å²) in [7, 11) is 1.64. The van der Waals surface area contributed by atoms with E-state index in [1.165, 1.54) is 4.88 Å². The maximum absolute atomic E-state index is 6.04. The van der Waals surface area contributed by atoms with E-state index >= 15 is 0 Å². The van der Waals surface area contributed by atoms with E-state index in [0.29, 0.717) is 28.2 Å². The molecule has 0 saturated heterocycles. The summed E-state index contributed by atoms with van der Waals surface area (Å²) in [6.07, 6.45) is 0. The van der Waals surface area contributed by atoms with Crippen LogP contribution in [-0.4, -0.2) is 7.11 Å². The third-order valence-electron chi connectivity index (χ3n) is 3.81. The van der Waals surface area contributed by atoms with Gasteiger partial charge in [0.2, 0.25) is 0 Å². The van der Waals surface area contributed by atoms with E-state index in [1.54, 1.807) is 30.6 Å². The van der Waals surface area contributed by atoms with E-state index in [2.05, 4.69) is 22.8 Å². The number of rotatable bonds is 8. The van der Waals surface area contributed by atoms with Crippen LogP contribution >= 0.6 is 34.5 Å². The highest BCUT2D eigenvalue weighted by Gasteiger charge is 2.07. The van der Waals surface area contributed by atoms with Crippen LogP contribution < -0.4 is 14.8 Å². The van der Waals surface area contributed by atoms with Crippen LogP contribution in [0.15, 0.2) is 53.9 Å². The molecule has 1 aromatic heterocycles. The van der Waals surface area contributed by atoms with Gasteiger partial charge in [-0.25, -0.2) is 0 Å². The summed E-state index contributed by atoms with van der Waals surface area (Å²) in [6, 6.07) is 15.6. The molecule has 6 heteroatoms. The maximum atomic E-state index is 6.04. The number of benzene rings is 2. The third kappa shape index (κ3) is 5.15. The Morgan fingerprint density at radius 1 is 0.923 bits per heavy atom. The lowest BCUT2D eigenvalue weighted by atomic mass is 10.2. The summed E-state index contributed by atoms with van der Waals surface area (Å²) < 4.78 is 11.4. The molecule has 0 bridgehead atoms. The molecule has 0 aliphatic rings. The summed E-state index contributed by atoms with van der Waals surface area (Å²) in [6.45, 7) is 2.01. The van der Waals surface area contributed by atoms with Crippen molar-refractivity contribution in [2.24, 2.45) is 0 Å². The molecule has 2 aromatic carbocycles. The fourth-order valence-corrected chi connectivity index (χ4v) is 3.47. The number of thiophene rings is 1. The van der Waals surface area contributed by atoms with Gasteiger partial charge in [0.05, 0.1) is 17.2 Å². The van der Waals surface area contributed by atoms with Crippen LogP contribution in [0.1, 0.15) is 16.0 Å². The lowest BCUT2D eigenvalue weighted by Gasteiger charge is -2.13. The lowest BCUT2D eigenvalue weighted by Crippen LogP contribution is -2.11. The Bertz CT molecular complexity index is 853. The summed E-state index contributed by atoms with van der Waals surface area (Å²) >= 11 is 13.7. The average Bonchev–Trinajstić information content (AvgIpc) is 3.16. The van der Waals surface area contributed by atoms with Gasteiger partial charge in [0.15, 0.2) is 11.5 Å². The Kier molecular flexibility index (Phi) is 6.80. The maximum Gasteiger partial charge on any atom is 0.161 e. The first-order valence-electron chi connectivity index (χ1n) is 8.12. The van der Waals surface area contributed by atoms with E-state index in [-0.39, 0.29) is 0 Å². The first kappa shape index (κ1) is 19.1. The van der Waals surface area contributed by atoms with Gasteiger partial charge in [-0.15, -0.1) is 11.3 Å². The van der Waals surface area contributed by atoms with Crippen LogP contribution in [0.25, 0.3) is 0 Å². The van der Waals surface area contributed by atoms with Gasteiger partial charge in [0.25, 0.3) is 0 Å². The first-order chi connectivity index (χ1) is 12.7. The van der Waals surface area contributed by atoms with Gasteiger partial charge in [0, 0.05) is 18.0 Å². The van der Waals surface area contributed by atoms with Crippen molar-refractivity contribution in [2.75, 3.05) is 7.11 Å². The molecular formula is C20H19Cl2NO2S. The quantitative estimate of drug-likeness (QED) is 0.501. The Hall–Kier alpha value is -1.72. The van der Waals surface area contributed by atoms with Crippen molar-refractivity contribution in [2.45, 2.75) is 19.7 Å². The molecule has 3 aromatic rings. The second-order valence-corrected chi connectivity index (χ2v) is 7.55. The highest BCUT2D eigenvalue weighted by atomic mass is 35.5. The molecule has 136 valence electrons. The smallest absolute Gasteiger partial charge is 0.161 e. The zero-order valence-electron chi connectivity index (χ0n) is 14.3. The predicted molar refractivity (Wildman–Crippen MR) is 109 cm³/mol. The molecule has 3 rings (SSSR count). The van der Waals surface area contributed by atoms with Crippen molar-refractivity contribution < 1.29 is 9.47 Å². The van der Waals surface area contributed by atoms with Crippen LogP contribution in [0.5, 0.6) is 11.5 Å². The highest BCUT2D eigenvalue weighted by molar-refractivity contribution is 7.09. The molecule has 0 spiro atoms. The van der Waals surface area contributed by atoms with Gasteiger partial charge in [-0.3, -0.25) is 0 Å². The van der Waals surface area contributed by atoms with Crippen molar-refractivity contribution in [1.82, 2.24) is 5.32 Å². The monoisotopic (exact) mass is 407 g/mol. The third-order valence-corrected chi connectivity index (χ3v) is 5.43. The van der Waals surface area contributed by atoms with Crippen LogP contribution in [-0.2, 0) is 19.7 Å². The molecule has 0 aliphatic heterocycles. The summed E-state index contributed by atoms with van der Waals surface area (Å²) in [5.41, 5.74) is 2.09. The largest absolute Gasteiger partial charge is 0.493 e. The normalized spacial score (nSPS) is 10.7. The van der Waals surface area contributed by atoms with Crippen LogP contribution in [0.3, 0.4) is 0 Å². The Morgan fingerprint density at radius 2 is 1.77 bits per heavy atom. The second kappa shape index (κ2) is 9.28. The van der Waals surface area contributed by atoms with Gasteiger partial charge in [-0.2, -0.15) is 0 Å². The van der Waals surface area contributed by atoms with Crippen molar-refractivity contribution in [3.05, 3.63) is 80.0 Å². The molecule has 0 atom stereocenters. The predicted octanol–water partition coefficient (Wildman–Crippen LogP) is 5.93. The van der Waals surface area contributed by atoms with Crippen molar-refractivity contribution in [3.63, 3.8) is 0 Å². The summed E-state index contributed by atoms with van der Waals surface area (Å²) in [5.74, 6) is 1.40. The van der Waals surface area contributed by atoms with Crippen LogP contribution in [0, 0.1) is 0 Å². The molecule has 0 amide bonds. The van der Waals surface area contributed by atoms with Gasteiger partial charge in [0.1, 0.15) is 6.61 Å². The molecule has 26 heavy (non-hydrogen) atoms. The lowest BCUT2D eigenvalue weighted by molar-refractivity contribution is 0.284. The molecule has 0 unspecified atom stereocenters. The zero-order valence-corrected chi connectivity index (χ0v) is 16.6. The molecule has 1 heterocycles. The number of halogens is 2. The zero-order chi connectivity index (χ0) is 18.4. The molecule has 0 saturated carbocycles. The molecule has 1 N–H and O–H groups in total. The molecular weight excluding hydrogens is 389 g/mol. The number of ether oxygens (including phenoxy) is 2. The number of nitrogens with one attached hydrogen (secondary N) is 1. The minimum atomic E-state index is 0.392. The molecule has 0 fully saturated rings. The van der Waals surface area contributed by atoms with Gasteiger partial charge in [-0.1, -0.05) is 41.4 Å². The second-order valence-electron chi connectivity index (χ2n) is 5.71. The molecule has 0 radical (unpaired) electrons. The van der Waals surface area contributed by atoms with Crippen molar-refractivity contribution >= 4 is 34.5 Å². The standard InChI is InChI=1S/C20H19Cl2NO2S/c1-24-20-10-14(11-23-12-16-3-2-8-26-16)5-7-19(20)25-13-15-4-6-17(21)18(22)9-15/h2-10,23H,11-13H2,1H3. The summed E-state index contributed by atoms with van der Waals surface area (Å²) in [5, 5.41) is 6.57. The van der Waals surface area contributed by atoms with Gasteiger partial charge >= 0.3 is 0 Å². The Morgan fingerprint density at radius 3 is 2.50 bits per heavy atom. The van der Waals surface area contributed by atoms with E-state index in [0.717, 1.165) is 24.2 Å². The minimum absolute atomic E-state index is 0.392. The van der Waals surface area contributed by atoms with Crippen LogP contribution in [0.2, 0.25) is 10.0 Å². The van der Waals surface area contributed by atoms with E-state index in [1.807, 2.05) is 24.3 Å². The topological polar surface area (TPSA) is 30.5 Å². The Balaban J connectivity index is 1.59. The first-order valence-corrected chi connectivity index (χ1v) is 9.76. The van der Waals surface area contributed by atoms with Crippen LogP contribution in [0.4, 0.5) is 0 Å². The Labute approximate surface area is 167 Å². The number of hydrogen-bond donors (Lipinski definition) is 1. The fourth-order valence-electron chi connectivity index (χ4n) is 2.47.